The minimum Gasteiger partial charge on any atom is -0.479 e. The molecule has 0 saturated heterocycles. The molecule has 1 heterocycles. The molecule has 0 aliphatic rings. The first-order valence-corrected chi connectivity index (χ1v) is 4.25. The van der Waals surface area contributed by atoms with Crippen LogP contribution in [0.15, 0.2) is 5.38 Å². The van der Waals surface area contributed by atoms with Crippen molar-refractivity contribution in [3.8, 4) is 0 Å². The maximum atomic E-state index is 12.6. The highest BCUT2D eigenvalue weighted by molar-refractivity contribution is 7.09. The van der Waals surface area contributed by atoms with Crippen LogP contribution in [-0.4, -0.2) is 22.2 Å². The molecule has 66 valence electrons. The minimum absolute atomic E-state index is 0.131. The molecular formula is C7H8FNO2S. The van der Waals surface area contributed by atoms with Crippen molar-refractivity contribution in [1.82, 2.24) is 4.98 Å². The zero-order valence-corrected chi connectivity index (χ0v) is 7.27. The van der Waals surface area contributed by atoms with E-state index in [-0.39, 0.29) is 6.42 Å². The second-order valence-electron chi connectivity index (χ2n) is 2.39. The Morgan fingerprint density at radius 2 is 2.58 bits per heavy atom. The average molecular weight is 189 g/mol. The van der Waals surface area contributed by atoms with E-state index in [1.54, 1.807) is 12.3 Å². The van der Waals surface area contributed by atoms with Crippen LogP contribution in [-0.2, 0) is 11.2 Å². The monoisotopic (exact) mass is 189 g/mol. The summed E-state index contributed by atoms with van der Waals surface area (Å²) < 4.78 is 12.6. The number of aryl methyl sites for hydroxylation is 1. The lowest BCUT2D eigenvalue weighted by Crippen LogP contribution is -2.16. The number of halogens is 1. The molecule has 0 aliphatic carbocycles. The summed E-state index contributed by atoms with van der Waals surface area (Å²) in [6.07, 6.45) is -1.97. The molecule has 0 fully saturated rings. The third-order valence-corrected chi connectivity index (χ3v) is 2.28. The summed E-state index contributed by atoms with van der Waals surface area (Å²) in [7, 11) is 0. The third-order valence-electron chi connectivity index (χ3n) is 1.29. The Morgan fingerprint density at radius 3 is 3.00 bits per heavy atom. The van der Waals surface area contributed by atoms with Crippen molar-refractivity contribution < 1.29 is 14.3 Å². The molecule has 0 aliphatic heterocycles. The van der Waals surface area contributed by atoms with Crippen molar-refractivity contribution in [2.75, 3.05) is 0 Å². The Labute approximate surface area is 72.9 Å². The van der Waals surface area contributed by atoms with Crippen LogP contribution < -0.4 is 0 Å². The molecule has 1 aromatic rings. The van der Waals surface area contributed by atoms with Crippen LogP contribution in [0.2, 0.25) is 0 Å². The van der Waals surface area contributed by atoms with Crippen molar-refractivity contribution in [1.29, 1.82) is 0 Å². The fourth-order valence-electron chi connectivity index (χ4n) is 0.737. The van der Waals surface area contributed by atoms with Crippen LogP contribution in [0.4, 0.5) is 4.39 Å². The minimum atomic E-state index is -1.84. The van der Waals surface area contributed by atoms with Gasteiger partial charge in [0, 0.05) is 17.5 Å². The lowest BCUT2D eigenvalue weighted by atomic mass is 10.3. The number of alkyl halides is 1. The lowest BCUT2D eigenvalue weighted by molar-refractivity contribution is -0.142. The van der Waals surface area contributed by atoms with E-state index in [0.717, 1.165) is 5.69 Å². The molecule has 1 atom stereocenters. The first-order chi connectivity index (χ1) is 5.59. The van der Waals surface area contributed by atoms with Gasteiger partial charge in [0.1, 0.15) is 0 Å². The van der Waals surface area contributed by atoms with Crippen molar-refractivity contribution in [3.05, 3.63) is 16.1 Å². The molecule has 12 heavy (non-hydrogen) atoms. The number of hydrogen-bond acceptors (Lipinski definition) is 3. The predicted octanol–water partition coefficient (Wildman–Crippen LogP) is 1.42. The SMILES string of the molecule is Cc1csc(CC(F)C(=O)O)n1. The fraction of sp³-hybridized carbons (Fsp3) is 0.429. The zero-order valence-electron chi connectivity index (χ0n) is 6.45. The molecule has 0 amide bonds. The van der Waals surface area contributed by atoms with E-state index >= 15 is 0 Å². The highest BCUT2D eigenvalue weighted by Crippen LogP contribution is 2.12. The van der Waals surface area contributed by atoms with E-state index in [1.165, 1.54) is 11.3 Å². The fourth-order valence-corrected chi connectivity index (χ4v) is 1.54. The summed E-state index contributed by atoms with van der Waals surface area (Å²) in [5.41, 5.74) is 0.799. The number of hydrogen-bond donors (Lipinski definition) is 1. The van der Waals surface area contributed by atoms with Gasteiger partial charge >= 0.3 is 5.97 Å². The van der Waals surface area contributed by atoms with E-state index < -0.39 is 12.1 Å². The quantitative estimate of drug-likeness (QED) is 0.782. The number of aromatic nitrogens is 1. The number of carboxylic acids is 1. The van der Waals surface area contributed by atoms with Crippen LogP contribution in [0.25, 0.3) is 0 Å². The lowest BCUT2D eigenvalue weighted by Gasteiger charge is -1.97. The maximum Gasteiger partial charge on any atom is 0.338 e. The van der Waals surface area contributed by atoms with Gasteiger partial charge in [-0.1, -0.05) is 0 Å². The Hall–Kier alpha value is -0.970. The first kappa shape index (κ1) is 9.12. The van der Waals surface area contributed by atoms with Gasteiger partial charge in [-0.25, -0.2) is 14.2 Å². The summed E-state index contributed by atoms with van der Waals surface area (Å²) in [6, 6.07) is 0. The summed E-state index contributed by atoms with van der Waals surface area (Å²) in [5, 5.41) is 10.5. The number of carbonyl (C=O) groups is 1. The molecular weight excluding hydrogens is 181 g/mol. The van der Waals surface area contributed by atoms with Crippen molar-refractivity contribution in [3.63, 3.8) is 0 Å². The molecule has 0 spiro atoms. The second-order valence-corrected chi connectivity index (χ2v) is 3.34. The molecule has 1 unspecified atom stereocenters. The van der Waals surface area contributed by atoms with E-state index in [9.17, 15) is 9.18 Å². The van der Waals surface area contributed by atoms with Gasteiger partial charge in [-0.2, -0.15) is 0 Å². The molecule has 5 heteroatoms. The van der Waals surface area contributed by atoms with Gasteiger partial charge in [-0.05, 0) is 6.92 Å². The molecule has 0 bridgehead atoms. The van der Waals surface area contributed by atoms with Crippen LogP contribution in [0, 0.1) is 6.92 Å². The average Bonchev–Trinajstić information content (AvgIpc) is 2.35. The largest absolute Gasteiger partial charge is 0.479 e. The third kappa shape index (κ3) is 2.27. The number of nitrogens with zero attached hydrogens (tertiary/aromatic N) is 1. The van der Waals surface area contributed by atoms with Crippen molar-refractivity contribution in [2.24, 2.45) is 0 Å². The van der Waals surface area contributed by atoms with Gasteiger partial charge in [0.05, 0.1) is 5.01 Å². The number of carboxylic acid groups (broad SMARTS) is 1. The summed E-state index contributed by atoms with van der Waals surface area (Å²) >= 11 is 1.28. The van der Waals surface area contributed by atoms with Crippen LogP contribution in [0.1, 0.15) is 10.7 Å². The van der Waals surface area contributed by atoms with E-state index in [1.807, 2.05) is 0 Å². The summed E-state index contributed by atoms with van der Waals surface area (Å²) in [6.45, 7) is 1.79. The molecule has 1 aromatic heterocycles. The Balaban J connectivity index is 2.58. The van der Waals surface area contributed by atoms with Crippen LogP contribution >= 0.6 is 11.3 Å². The van der Waals surface area contributed by atoms with Crippen LogP contribution in [0.5, 0.6) is 0 Å². The zero-order chi connectivity index (χ0) is 9.14. The van der Waals surface area contributed by atoms with E-state index in [2.05, 4.69) is 4.98 Å². The molecule has 0 saturated carbocycles. The molecule has 0 radical (unpaired) electrons. The van der Waals surface area contributed by atoms with Crippen molar-refractivity contribution >= 4 is 17.3 Å². The van der Waals surface area contributed by atoms with Gasteiger partial charge in [0.15, 0.2) is 0 Å². The second kappa shape index (κ2) is 3.62. The van der Waals surface area contributed by atoms with Gasteiger partial charge in [0.25, 0.3) is 0 Å². The molecule has 1 N–H and O–H groups in total. The first-order valence-electron chi connectivity index (χ1n) is 3.37. The Kier molecular flexibility index (Phi) is 2.75. The summed E-state index contributed by atoms with van der Waals surface area (Å²) in [5.74, 6) is -1.43. The topological polar surface area (TPSA) is 50.2 Å². The predicted molar refractivity (Wildman–Crippen MR) is 43.1 cm³/mol. The van der Waals surface area contributed by atoms with Gasteiger partial charge in [0.2, 0.25) is 6.17 Å². The normalized spacial score (nSPS) is 12.8. The Bertz CT molecular complexity index is 287. The van der Waals surface area contributed by atoms with Crippen molar-refractivity contribution in [2.45, 2.75) is 19.5 Å². The van der Waals surface area contributed by atoms with E-state index in [0.29, 0.717) is 5.01 Å². The van der Waals surface area contributed by atoms with Gasteiger partial charge in [-0.15, -0.1) is 11.3 Å². The smallest absolute Gasteiger partial charge is 0.338 e. The molecule has 3 nitrogen and oxygen atoms in total. The van der Waals surface area contributed by atoms with Gasteiger partial charge in [-0.3, -0.25) is 0 Å². The molecule has 1 rings (SSSR count). The highest BCUT2D eigenvalue weighted by Gasteiger charge is 2.17. The van der Waals surface area contributed by atoms with Gasteiger partial charge < -0.3 is 5.11 Å². The standard InChI is InChI=1S/C7H8FNO2S/c1-4-3-12-6(9-4)2-5(8)7(10)11/h3,5H,2H2,1H3,(H,10,11). The highest BCUT2D eigenvalue weighted by atomic mass is 32.1. The summed E-state index contributed by atoms with van der Waals surface area (Å²) in [4.78, 5) is 14.1. The number of aliphatic carboxylic acids is 1. The molecule has 0 aromatic carbocycles. The number of thiazole rings is 1. The van der Waals surface area contributed by atoms with E-state index in [4.69, 9.17) is 5.11 Å². The number of rotatable bonds is 3. The maximum absolute atomic E-state index is 12.6. The Morgan fingerprint density at radius 1 is 1.92 bits per heavy atom. The van der Waals surface area contributed by atoms with Crippen LogP contribution in [0.3, 0.4) is 0 Å².